The predicted octanol–water partition coefficient (Wildman–Crippen LogP) is 3.24. The van der Waals surface area contributed by atoms with E-state index in [1.54, 1.807) is 18.2 Å². The molecule has 0 radical (unpaired) electrons. The molecule has 0 saturated heterocycles. The molecule has 0 unspecified atom stereocenters. The number of aromatic nitrogens is 2. The molecule has 124 valence electrons. The number of hydrogen-bond acceptors (Lipinski definition) is 3. The number of amides is 1. The minimum Gasteiger partial charge on any atom is -0.352 e. The van der Waals surface area contributed by atoms with Gasteiger partial charge in [0.05, 0.1) is 10.9 Å². The minimum atomic E-state index is -0.143. The lowest BCUT2D eigenvalue weighted by molar-refractivity contribution is 0.0949. The molecule has 0 aliphatic carbocycles. The average Bonchev–Trinajstić information content (AvgIpc) is 2.45. The summed E-state index contributed by atoms with van der Waals surface area (Å²) in [7, 11) is 0. The van der Waals surface area contributed by atoms with Crippen molar-refractivity contribution in [2.45, 2.75) is 40.7 Å². The Morgan fingerprint density at radius 3 is 2.65 bits per heavy atom. The van der Waals surface area contributed by atoms with Crippen LogP contribution in [0.4, 0.5) is 0 Å². The van der Waals surface area contributed by atoms with E-state index in [0.29, 0.717) is 34.3 Å². The first-order valence-corrected chi connectivity index (χ1v) is 8.19. The molecule has 6 heteroatoms. The molecule has 1 aromatic heterocycles. The fraction of sp³-hybridized carbons (Fsp3) is 0.471. The first-order chi connectivity index (χ1) is 10.7. The maximum Gasteiger partial charge on any atom is 0.262 e. The molecule has 0 spiro atoms. The molecular formula is C17H23N3O2S. The average molecular weight is 333 g/mol. The first kappa shape index (κ1) is 17.4. The Hall–Kier alpha value is -1.95. The highest BCUT2D eigenvalue weighted by atomic mass is 32.1. The molecule has 0 aliphatic rings. The number of carbonyl (C=O) groups is 1. The Labute approximate surface area is 140 Å². The van der Waals surface area contributed by atoms with Crippen molar-refractivity contribution >= 4 is 29.0 Å². The molecule has 2 rings (SSSR count). The van der Waals surface area contributed by atoms with Gasteiger partial charge in [0, 0.05) is 18.7 Å². The number of H-pyrrole nitrogens is 1. The largest absolute Gasteiger partial charge is 0.352 e. The SMILES string of the molecule is CCn1c(=S)[nH]c2cc(C(=O)NCCC(C)(C)C)ccc2c1=O. The number of nitrogens with zero attached hydrogens (tertiary/aromatic N) is 1. The summed E-state index contributed by atoms with van der Waals surface area (Å²) in [6.45, 7) is 9.40. The van der Waals surface area contributed by atoms with Crippen LogP contribution in [0.1, 0.15) is 44.5 Å². The van der Waals surface area contributed by atoms with Crippen LogP contribution in [0.15, 0.2) is 23.0 Å². The van der Waals surface area contributed by atoms with Gasteiger partial charge in [-0.25, -0.2) is 0 Å². The summed E-state index contributed by atoms with van der Waals surface area (Å²) < 4.78 is 1.87. The van der Waals surface area contributed by atoms with Crippen LogP contribution >= 0.6 is 12.2 Å². The van der Waals surface area contributed by atoms with Gasteiger partial charge in [0.15, 0.2) is 4.77 Å². The summed E-state index contributed by atoms with van der Waals surface area (Å²) in [4.78, 5) is 27.6. The van der Waals surface area contributed by atoms with E-state index in [1.165, 1.54) is 4.57 Å². The van der Waals surface area contributed by atoms with Crippen molar-refractivity contribution in [3.63, 3.8) is 0 Å². The lowest BCUT2D eigenvalue weighted by Gasteiger charge is -2.18. The van der Waals surface area contributed by atoms with Gasteiger partial charge in [-0.1, -0.05) is 20.8 Å². The third kappa shape index (κ3) is 4.07. The minimum absolute atomic E-state index is 0.133. The highest BCUT2D eigenvalue weighted by Gasteiger charge is 2.12. The third-order valence-electron chi connectivity index (χ3n) is 3.72. The van der Waals surface area contributed by atoms with Gasteiger partial charge < -0.3 is 10.3 Å². The van der Waals surface area contributed by atoms with E-state index in [-0.39, 0.29) is 16.9 Å². The van der Waals surface area contributed by atoms with Crippen molar-refractivity contribution < 1.29 is 4.79 Å². The van der Waals surface area contributed by atoms with Crippen LogP contribution in [-0.2, 0) is 6.54 Å². The van der Waals surface area contributed by atoms with Crippen molar-refractivity contribution in [3.05, 3.63) is 38.9 Å². The number of aromatic amines is 1. The molecule has 0 atom stereocenters. The van der Waals surface area contributed by atoms with E-state index >= 15 is 0 Å². The highest BCUT2D eigenvalue weighted by molar-refractivity contribution is 7.71. The van der Waals surface area contributed by atoms with Gasteiger partial charge in [-0.2, -0.15) is 0 Å². The summed E-state index contributed by atoms with van der Waals surface area (Å²) in [6, 6.07) is 5.03. The number of rotatable bonds is 4. The summed E-state index contributed by atoms with van der Waals surface area (Å²) in [5.41, 5.74) is 1.15. The van der Waals surface area contributed by atoms with E-state index in [9.17, 15) is 9.59 Å². The number of benzene rings is 1. The van der Waals surface area contributed by atoms with Crippen molar-refractivity contribution in [1.82, 2.24) is 14.9 Å². The van der Waals surface area contributed by atoms with Gasteiger partial charge >= 0.3 is 0 Å². The molecule has 23 heavy (non-hydrogen) atoms. The zero-order valence-corrected chi connectivity index (χ0v) is 14.8. The van der Waals surface area contributed by atoms with Crippen LogP contribution in [0.2, 0.25) is 0 Å². The molecule has 0 fully saturated rings. The lowest BCUT2D eigenvalue weighted by Crippen LogP contribution is -2.27. The summed E-state index contributed by atoms with van der Waals surface area (Å²) >= 11 is 5.19. The second-order valence-electron chi connectivity index (χ2n) is 6.81. The quantitative estimate of drug-likeness (QED) is 0.844. The molecule has 1 amide bonds. The highest BCUT2D eigenvalue weighted by Crippen LogP contribution is 2.17. The monoisotopic (exact) mass is 333 g/mol. The molecular weight excluding hydrogens is 310 g/mol. The second kappa shape index (κ2) is 6.66. The normalized spacial score (nSPS) is 11.7. The molecule has 1 aromatic carbocycles. The van der Waals surface area contributed by atoms with Gasteiger partial charge in [-0.3, -0.25) is 14.2 Å². The number of hydrogen-bond donors (Lipinski definition) is 2. The summed E-state index contributed by atoms with van der Waals surface area (Å²) in [5, 5.41) is 3.44. The fourth-order valence-corrected chi connectivity index (χ4v) is 2.66. The van der Waals surface area contributed by atoms with E-state index in [0.717, 1.165) is 6.42 Å². The van der Waals surface area contributed by atoms with E-state index in [1.807, 2.05) is 6.92 Å². The Morgan fingerprint density at radius 2 is 2.04 bits per heavy atom. The van der Waals surface area contributed by atoms with Crippen molar-refractivity contribution in [1.29, 1.82) is 0 Å². The van der Waals surface area contributed by atoms with Crippen LogP contribution in [-0.4, -0.2) is 22.0 Å². The standard InChI is InChI=1S/C17H23N3O2S/c1-5-20-15(22)12-7-6-11(10-13(12)19-16(20)23)14(21)18-9-8-17(2,3)4/h6-7,10H,5,8-9H2,1-4H3,(H,18,21)(H,19,23). The number of nitrogens with one attached hydrogen (secondary N) is 2. The molecule has 1 heterocycles. The van der Waals surface area contributed by atoms with Gasteiger partial charge in [0.1, 0.15) is 0 Å². The van der Waals surface area contributed by atoms with Crippen molar-refractivity contribution in [2.75, 3.05) is 6.54 Å². The van der Waals surface area contributed by atoms with Gasteiger partial charge in [-0.05, 0) is 49.2 Å². The Morgan fingerprint density at radius 1 is 1.35 bits per heavy atom. The molecule has 5 nitrogen and oxygen atoms in total. The Balaban J connectivity index is 2.29. The zero-order valence-electron chi connectivity index (χ0n) is 14.0. The van der Waals surface area contributed by atoms with Gasteiger partial charge in [-0.15, -0.1) is 0 Å². The van der Waals surface area contributed by atoms with E-state index in [2.05, 4.69) is 31.1 Å². The molecule has 2 N–H and O–H groups in total. The van der Waals surface area contributed by atoms with Crippen LogP contribution in [0, 0.1) is 10.2 Å². The van der Waals surface area contributed by atoms with Crippen molar-refractivity contribution in [3.8, 4) is 0 Å². The van der Waals surface area contributed by atoms with E-state index < -0.39 is 0 Å². The smallest absolute Gasteiger partial charge is 0.262 e. The molecule has 0 bridgehead atoms. The van der Waals surface area contributed by atoms with Crippen molar-refractivity contribution in [2.24, 2.45) is 5.41 Å². The van der Waals surface area contributed by atoms with E-state index in [4.69, 9.17) is 12.2 Å². The van der Waals surface area contributed by atoms with Crippen LogP contribution in [0.3, 0.4) is 0 Å². The molecule has 2 aromatic rings. The molecule has 0 aliphatic heterocycles. The number of fused-ring (bicyclic) bond motifs is 1. The van der Waals surface area contributed by atoms with Crippen LogP contribution in [0.5, 0.6) is 0 Å². The molecule has 0 saturated carbocycles. The maximum absolute atomic E-state index is 12.3. The van der Waals surface area contributed by atoms with Gasteiger partial charge in [0.2, 0.25) is 0 Å². The summed E-state index contributed by atoms with van der Waals surface area (Å²) in [5.74, 6) is -0.143. The van der Waals surface area contributed by atoms with Crippen LogP contribution in [0.25, 0.3) is 10.9 Å². The topological polar surface area (TPSA) is 66.9 Å². The summed E-state index contributed by atoms with van der Waals surface area (Å²) in [6.07, 6.45) is 0.899. The predicted molar refractivity (Wildman–Crippen MR) is 95.5 cm³/mol. The zero-order chi connectivity index (χ0) is 17.2. The lowest BCUT2D eigenvalue weighted by atomic mass is 9.92. The third-order valence-corrected chi connectivity index (χ3v) is 4.04. The first-order valence-electron chi connectivity index (χ1n) is 7.78. The second-order valence-corrected chi connectivity index (χ2v) is 7.19. The van der Waals surface area contributed by atoms with Gasteiger partial charge in [0.25, 0.3) is 11.5 Å². The maximum atomic E-state index is 12.3. The Bertz CT molecular complexity index is 844. The Kier molecular flexibility index (Phi) is 5.04. The van der Waals surface area contributed by atoms with Crippen LogP contribution < -0.4 is 10.9 Å². The fourth-order valence-electron chi connectivity index (χ4n) is 2.34. The number of carbonyl (C=O) groups excluding carboxylic acids is 1.